The molecule has 3 N–H and O–H groups in total. The summed E-state index contributed by atoms with van der Waals surface area (Å²) in [6, 6.07) is 9.48. The van der Waals surface area contributed by atoms with Crippen molar-refractivity contribution in [3.63, 3.8) is 0 Å². The molecule has 0 saturated heterocycles. The second kappa shape index (κ2) is 5.71. The van der Waals surface area contributed by atoms with Gasteiger partial charge in [0, 0.05) is 6.20 Å². The zero-order chi connectivity index (χ0) is 13.0. The number of hydrogen-bond acceptors (Lipinski definition) is 3. The van der Waals surface area contributed by atoms with Crippen molar-refractivity contribution >= 4 is 0 Å². The minimum Gasteiger partial charge on any atom is -0.271 e. The Hall–Kier alpha value is -1.78. The number of benzene rings is 1. The van der Waals surface area contributed by atoms with E-state index in [1.54, 1.807) is 6.20 Å². The van der Waals surface area contributed by atoms with E-state index in [1.165, 1.54) is 17.8 Å². The number of hydrazine groups is 1. The Balaban J connectivity index is 2.19. The maximum absolute atomic E-state index is 13.1. The first-order chi connectivity index (χ1) is 8.69. The summed E-state index contributed by atoms with van der Waals surface area (Å²) in [5, 5.41) is 0. The van der Waals surface area contributed by atoms with Gasteiger partial charge in [-0.15, -0.1) is 0 Å². The monoisotopic (exact) mass is 245 g/mol. The molecule has 4 heteroatoms. The first-order valence-corrected chi connectivity index (χ1v) is 5.81. The van der Waals surface area contributed by atoms with Crippen molar-refractivity contribution in [2.75, 3.05) is 0 Å². The predicted octanol–water partition coefficient (Wildman–Crippen LogP) is 2.28. The third-order valence-corrected chi connectivity index (χ3v) is 2.85. The van der Waals surface area contributed by atoms with Crippen molar-refractivity contribution in [3.05, 3.63) is 65.2 Å². The minimum absolute atomic E-state index is 0.144. The Morgan fingerprint density at radius 3 is 2.83 bits per heavy atom. The van der Waals surface area contributed by atoms with Gasteiger partial charge in [0.1, 0.15) is 5.82 Å². The Morgan fingerprint density at radius 1 is 1.33 bits per heavy atom. The highest BCUT2D eigenvalue weighted by atomic mass is 19.1. The van der Waals surface area contributed by atoms with Crippen molar-refractivity contribution < 1.29 is 4.39 Å². The highest BCUT2D eigenvalue weighted by Crippen LogP contribution is 2.18. The number of nitrogens with one attached hydrogen (secondary N) is 1. The quantitative estimate of drug-likeness (QED) is 0.642. The summed E-state index contributed by atoms with van der Waals surface area (Å²) in [5.74, 6) is 5.19. The van der Waals surface area contributed by atoms with Crippen LogP contribution in [0.1, 0.15) is 22.7 Å². The lowest BCUT2D eigenvalue weighted by Crippen LogP contribution is -2.29. The van der Waals surface area contributed by atoms with E-state index < -0.39 is 0 Å². The van der Waals surface area contributed by atoms with Gasteiger partial charge in [-0.2, -0.15) is 0 Å². The molecule has 0 aliphatic carbocycles. The second-order valence-corrected chi connectivity index (χ2v) is 4.35. The van der Waals surface area contributed by atoms with Crippen molar-refractivity contribution in [2.45, 2.75) is 19.4 Å². The summed E-state index contributed by atoms with van der Waals surface area (Å²) in [7, 11) is 0. The summed E-state index contributed by atoms with van der Waals surface area (Å²) in [6.45, 7) is 2.04. The SMILES string of the molecule is Cc1cccc(CC(NN)c2cncc(F)c2)c1. The van der Waals surface area contributed by atoms with Crippen LogP contribution >= 0.6 is 0 Å². The zero-order valence-corrected chi connectivity index (χ0v) is 10.2. The minimum atomic E-state index is -0.350. The van der Waals surface area contributed by atoms with Gasteiger partial charge in [-0.1, -0.05) is 29.8 Å². The van der Waals surface area contributed by atoms with E-state index in [9.17, 15) is 4.39 Å². The van der Waals surface area contributed by atoms with Gasteiger partial charge in [0.2, 0.25) is 0 Å². The molecular formula is C14H16FN3. The molecule has 1 unspecified atom stereocenters. The van der Waals surface area contributed by atoms with Crippen LogP contribution in [0, 0.1) is 12.7 Å². The third-order valence-electron chi connectivity index (χ3n) is 2.85. The predicted molar refractivity (Wildman–Crippen MR) is 69.1 cm³/mol. The fourth-order valence-corrected chi connectivity index (χ4v) is 1.97. The molecule has 1 aromatic heterocycles. The van der Waals surface area contributed by atoms with Crippen LogP contribution < -0.4 is 11.3 Å². The highest BCUT2D eigenvalue weighted by molar-refractivity contribution is 5.25. The number of aromatic nitrogens is 1. The van der Waals surface area contributed by atoms with Crippen molar-refractivity contribution in [3.8, 4) is 0 Å². The standard InChI is InChI=1S/C14H16FN3/c1-10-3-2-4-11(5-10)6-14(18-16)12-7-13(15)9-17-8-12/h2-5,7-9,14,18H,6,16H2,1H3. The number of rotatable bonds is 4. The summed E-state index contributed by atoms with van der Waals surface area (Å²) >= 11 is 0. The summed E-state index contributed by atoms with van der Waals surface area (Å²) < 4.78 is 13.1. The summed E-state index contributed by atoms with van der Waals surface area (Å²) in [4.78, 5) is 3.84. The molecule has 0 aliphatic rings. The second-order valence-electron chi connectivity index (χ2n) is 4.35. The Morgan fingerprint density at radius 2 is 2.17 bits per heavy atom. The number of nitrogens with two attached hydrogens (primary N) is 1. The van der Waals surface area contributed by atoms with E-state index in [1.807, 2.05) is 25.1 Å². The molecule has 0 saturated carbocycles. The zero-order valence-electron chi connectivity index (χ0n) is 10.2. The third kappa shape index (κ3) is 3.12. The Labute approximate surface area is 106 Å². The molecule has 2 aromatic rings. The molecule has 3 nitrogen and oxygen atoms in total. The van der Waals surface area contributed by atoms with E-state index in [4.69, 9.17) is 5.84 Å². The van der Waals surface area contributed by atoms with E-state index in [0.717, 1.165) is 11.1 Å². The van der Waals surface area contributed by atoms with Crippen LogP contribution in [0.15, 0.2) is 42.7 Å². The van der Waals surface area contributed by atoms with Gasteiger partial charge in [-0.05, 0) is 30.5 Å². The van der Waals surface area contributed by atoms with Crippen LogP contribution in [-0.4, -0.2) is 4.98 Å². The molecule has 1 heterocycles. The van der Waals surface area contributed by atoms with Gasteiger partial charge in [-0.25, -0.2) is 4.39 Å². The van der Waals surface area contributed by atoms with Crippen LogP contribution in [0.2, 0.25) is 0 Å². The molecule has 0 spiro atoms. The molecule has 0 fully saturated rings. The number of hydrogen-bond donors (Lipinski definition) is 2. The lowest BCUT2D eigenvalue weighted by atomic mass is 9.99. The Kier molecular flexibility index (Phi) is 4.02. The van der Waals surface area contributed by atoms with E-state index in [0.29, 0.717) is 6.42 Å². The lowest BCUT2D eigenvalue weighted by molar-refractivity contribution is 0.541. The normalized spacial score (nSPS) is 12.4. The molecule has 2 rings (SSSR count). The number of aryl methyl sites for hydroxylation is 1. The van der Waals surface area contributed by atoms with Gasteiger partial charge >= 0.3 is 0 Å². The number of nitrogens with zero attached hydrogens (tertiary/aromatic N) is 1. The molecule has 1 aromatic carbocycles. The van der Waals surface area contributed by atoms with Gasteiger partial charge in [0.25, 0.3) is 0 Å². The van der Waals surface area contributed by atoms with Gasteiger partial charge in [0.15, 0.2) is 0 Å². The summed E-state index contributed by atoms with van der Waals surface area (Å²) in [6.07, 6.45) is 3.51. The maximum atomic E-state index is 13.1. The van der Waals surface area contributed by atoms with Crippen LogP contribution in [0.4, 0.5) is 4.39 Å². The van der Waals surface area contributed by atoms with Crippen LogP contribution in [0.5, 0.6) is 0 Å². The molecule has 0 bridgehead atoms. The maximum Gasteiger partial charge on any atom is 0.141 e. The Bertz CT molecular complexity index is 528. The fraction of sp³-hybridized carbons (Fsp3) is 0.214. The highest BCUT2D eigenvalue weighted by Gasteiger charge is 2.11. The average Bonchev–Trinajstić information content (AvgIpc) is 2.36. The average molecular weight is 245 g/mol. The molecular weight excluding hydrogens is 229 g/mol. The van der Waals surface area contributed by atoms with Crippen molar-refractivity contribution in [1.29, 1.82) is 0 Å². The fourth-order valence-electron chi connectivity index (χ4n) is 1.97. The first kappa shape index (κ1) is 12.7. The molecule has 0 aliphatic heterocycles. The lowest BCUT2D eigenvalue weighted by Gasteiger charge is -2.16. The smallest absolute Gasteiger partial charge is 0.141 e. The van der Waals surface area contributed by atoms with Crippen LogP contribution in [-0.2, 0) is 6.42 Å². The topological polar surface area (TPSA) is 50.9 Å². The van der Waals surface area contributed by atoms with E-state index in [-0.39, 0.29) is 11.9 Å². The van der Waals surface area contributed by atoms with E-state index in [2.05, 4.69) is 16.5 Å². The van der Waals surface area contributed by atoms with Crippen LogP contribution in [0.25, 0.3) is 0 Å². The first-order valence-electron chi connectivity index (χ1n) is 5.81. The summed E-state index contributed by atoms with van der Waals surface area (Å²) in [5.41, 5.74) is 5.81. The van der Waals surface area contributed by atoms with Gasteiger partial charge in [0.05, 0.1) is 12.2 Å². The number of pyridine rings is 1. The van der Waals surface area contributed by atoms with E-state index >= 15 is 0 Å². The van der Waals surface area contributed by atoms with Crippen LogP contribution in [0.3, 0.4) is 0 Å². The largest absolute Gasteiger partial charge is 0.271 e. The number of halogens is 1. The van der Waals surface area contributed by atoms with Crippen molar-refractivity contribution in [2.24, 2.45) is 5.84 Å². The molecule has 94 valence electrons. The molecule has 0 amide bonds. The molecule has 1 atom stereocenters. The molecule has 0 radical (unpaired) electrons. The molecule has 18 heavy (non-hydrogen) atoms. The van der Waals surface area contributed by atoms with Crippen molar-refractivity contribution in [1.82, 2.24) is 10.4 Å². The van der Waals surface area contributed by atoms with Gasteiger partial charge in [-0.3, -0.25) is 16.3 Å². The van der Waals surface area contributed by atoms with Gasteiger partial charge < -0.3 is 0 Å².